The molecule has 1 aromatic heterocycles. The Labute approximate surface area is 160 Å². The van der Waals surface area contributed by atoms with Crippen molar-refractivity contribution in [2.24, 2.45) is 0 Å². The smallest absolute Gasteiger partial charge is 0.0991 e. The summed E-state index contributed by atoms with van der Waals surface area (Å²) < 4.78 is 0. The van der Waals surface area contributed by atoms with Gasteiger partial charge in [-0.1, -0.05) is 42.8 Å². The molecule has 0 bridgehead atoms. The van der Waals surface area contributed by atoms with Gasteiger partial charge < -0.3 is 10.3 Å². The normalized spacial score (nSPS) is 16.9. The lowest BCUT2D eigenvalue weighted by molar-refractivity contribution is 0.477. The van der Waals surface area contributed by atoms with Crippen LogP contribution in [0.5, 0.6) is 0 Å². The van der Waals surface area contributed by atoms with Crippen LogP contribution in [0.3, 0.4) is 0 Å². The molecule has 27 heavy (non-hydrogen) atoms. The maximum Gasteiger partial charge on any atom is 0.0991 e. The molecule has 1 aliphatic heterocycles. The van der Waals surface area contributed by atoms with E-state index in [1.165, 1.54) is 41.3 Å². The molecule has 2 N–H and O–H groups in total. The fourth-order valence-corrected chi connectivity index (χ4v) is 4.02. The molecule has 136 valence electrons. The monoisotopic (exact) mass is 355 g/mol. The van der Waals surface area contributed by atoms with Crippen LogP contribution in [-0.2, 0) is 6.42 Å². The molecule has 0 saturated heterocycles. The van der Waals surface area contributed by atoms with E-state index in [0.717, 1.165) is 30.5 Å². The van der Waals surface area contributed by atoms with Crippen molar-refractivity contribution in [3.63, 3.8) is 0 Å². The van der Waals surface area contributed by atoms with Crippen molar-refractivity contribution in [3.8, 4) is 6.07 Å². The minimum Gasteiger partial charge on any atom is -0.361 e. The summed E-state index contributed by atoms with van der Waals surface area (Å²) >= 11 is 0. The number of aryl methyl sites for hydroxylation is 1. The summed E-state index contributed by atoms with van der Waals surface area (Å²) in [6, 6.07) is 19.4. The first-order valence-corrected chi connectivity index (χ1v) is 9.81. The minimum atomic E-state index is 0.568. The van der Waals surface area contributed by atoms with E-state index >= 15 is 0 Å². The molecule has 3 nitrogen and oxygen atoms in total. The number of nitriles is 1. The number of aromatic amines is 1. The first kappa shape index (κ1) is 17.6. The van der Waals surface area contributed by atoms with Crippen LogP contribution in [0.4, 0.5) is 0 Å². The summed E-state index contributed by atoms with van der Waals surface area (Å²) in [6.45, 7) is 0.967. The molecule has 1 aliphatic rings. The molecule has 3 aromatic rings. The van der Waals surface area contributed by atoms with Crippen LogP contribution in [-0.4, -0.2) is 17.6 Å². The van der Waals surface area contributed by atoms with E-state index in [1.807, 2.05) is 18.2 Å². The summed E-state index contributed by atoms with van der Waals surface area (Å²) in [7, 11) is 0. The van der Waals surface area contributed by atoms with Crippen LogP contribution >= 0.6 is 0 Å². The Bertz CT molecular complexity index is 976. The van der Waals surface area contributed by atoms with Gasteiger partial charge in [0, 0.05) is 29.7 Å². The average molecular weight is 355 g/mol. The van der Waals surface area contributed by atoms with Crippen LogP contribution in [0.2, 0.25) is 0 Å². The van der Waals surface area contributed by atoms with E-state index in [4.69, 9.17) is 5.26 Å². The molecule has 0 radical (unpaired) electrons. The van der Waals surface area contributed by atoms with Gasteiger partial charge in [0.05, 0.1) is 11.6 Å². The lowest BCUT2D eigenvalue weighted by Gasteiger charge is -2.24. The van der Waals surface area contributed by atoms with E-state index in [1.54, 1.807) is 0 Å². The second-order valence-electron chi connectivity index (χ2n) is 7.34. The van der Waals surface area contributed by atoms with Gasteiger partial charge in [0.15, 0.2) is 0 Å². The SMILES string of the molecule is N#Cc1ccc2[nH]cc(CCCCC3CC(c4ccccc4)=CCN3)c2c1. The number of rotatable bonds is 6. The number of fused-ring (bicyclic) bond motifs is 1. The standard InChI is InChI=1S/C24H25N3/c25-16-18-10-11-24-23(14-18)21(17-27-24)8-4-5-9-22-15-20(12-13-26-22)19-6-2-1-3-7-19/h1-3,6-7,10-12,14,17,22,26-27H,4-5,8-9,13,15H2. The van der Waals surface area contributed by atoms with Crippen molar-refractivity contribution in [1.29, 1.82) is 5.26 Å². The molecule has 2 aromatic carbocycles. The second kappa shape index (κ2) is 8.24. The van der Waals surface area contributed by atoms with Crippen molar-refractivity contribution < 1.29 is 0 Å². The molecular formula is C24H25N3. The van der Waals surface area contributed by atoms with Crippen LogP contribution in [0.1, 0.15) is 42.4 Å². The third kappa shape index (κ3) is 4.13. The van der Waals surface area contributed by atoms with Crippen LogP contribution in [0.25, 0.3) is 16.5 Å². The summed E-state index contributed by atoms with van der Waals surface area (Å²) in [5, 5.41) is 13.9. The first-order valence-electron chi connectivity index (χ1n) is 9.81. The van der Waals surface area contributed by atoms with E-state index in [0.29, 0.717) is 6.04 Å². The maximum atomic E-state index is 9.12. The Balaban J connectivity index is 1.30. The number of H-pyrrole nitrogens is 1. The van der Waals surface area contributed by atoms with Crippen molar-refractivity contribution in [1.82, 2.24) is 10.3 Å². The third-order valence-electron chi connectivity index (χ3n) is 5.51. The van der Waals surface area contributed by atoms with Gasteiger partial charge in [0.1, 0.15) is 0 Å². The zero-order valence-corrected chi connectivity index (χ0v) is 15.5. The Hall–Kier alpha value is -2.83. The second-order valence-corrected chi connectivity index (χ2v) is 7.34. The lowest BCUT2D eigenvalue weighted by atomic mass is 9.92. The highest BCUT2D eigenvalue weighted by Gasteiger charge is 2.15. The molecule has 1 unspecified atom stereocenters. The largest absolute Gasteiger partial charge is 0.361 e. The molecule has 0 fully saturated rings. The van der Waals surface area contributed by atoms with Gasteiger partial charge in [-0.15, -0.1) is 0 Å². The molecule has 0 spiro atoms. The van der Waals surface area contributed by atoms with Crippen LogP contribution in [0, 0.1) is 11.3 Å². The van der Waals surface area contributed by atoms with Gasteiger partial charge >= 0.3 is 0 Å². The molecule has 0 aliphatic carbocycles. The fourth-order valence-electron chi connectivity index (χ4n) is 4.02. The van der Waals surface area contributed by atoms with Gasteiger partial charge in [0.25, 0.3) is 0 Å². The van der Waals surface area contributed by atoms with E-state index in [-0.39, 0.29) is 0 Å². The predicted molar refractivity (Wildman–Crippen MR) is 111 cm³/mol. The number of aromatic nitrogens is 1. The quantitative estimate of drug-likeness (QED) is 0.597. The minimum absolute atomic E-state index is 0.568. The summed E-state index contributed by atoms with van der Waals surface area (Å²) in [5.41, 5.74) is 6.00. The Kier molecular flexibility index (Phi) is 5.37. The summed E-state index contributed by atoms with van der Waals surface area (Å²) in [6.07, 6.45) is 10.2. The summed E-state index contributed by atoms with van der Waals surface area (Å²) in [4.78, 5) is 3.32. The molecule has 3 heteroatoms. The molecule has 0 saturated carbocycles. The zero-order valence-electron chi connectivity index (χ0n) is 15.5. The number of hydrogen-bond acceptors (Lipinski definition) is 2. The van der Waals surface area contributed by atoms with E-state index < -0.39 is 0 Å². The Morgan fingerprint density at radius 3 is 2.81 bits per heavy atom. The van der Waals surface area contributed by atoms with Crippen LogP contribution in [0.15, 0.2) is 60.8 Å². The number of unbranched alkanes of at least 4 members (excludes halogenated alkanes) is 1. The first-order chi connectivity index (χ1) is 13.3. The van der Waals surface area contributed by atoms with Gasteiger partial charge in [-0.2, -0.15) is 5.26 Å². The number of nitrogens with one attached hydrogen (secondary N) is 2. The fraction of sp³-hybridized carbons (Fsp3) is 0.292. The number of hydrogen-bond donors (Lipinski definition) is 2. The highest BCUT2D eigenvalue weighted by molar-refractivity contribution is 5.84. The third-order valence-corrected chi connectivity index (χ3v) is 5.51. The molecule has 0 amide bonds. The van der Waals surface area contributed by atoms with Crippen molar-refractivity contribution >= 4 is 16.5 Å². The van der Waals surface area contributed by atoms with Crippen LogP contribution < -0.4 is 5.32 Å². The van der Waals surface area contributed by atoms with Crippen molar-refractivity contribution in [2.75, 3.05) is 6.54 Å². The van der Waals surface area contributed by atoms with Gasteiger partial charge in [0.2, 0.25) is 0 Å². The van der Waals surface area contributed by atoms with Crippen molar-refractivity contribution in [2.45, 2.75) is 38.1 Å². The number of benzene rings is 2. The Morgan fingerprint density at radius 2 is 1.96 bits per heavy atom. The average Bonchev–Trinajstić information content (AvgIpc) is 3.14. The van der Waals surface area contributed by atoms with Gasteiger partial charge in [-0.05, 0) is 60.6 Å². The van der Waals surface area contributed by atoms with Gasteiger partial charge in [-0.25, -0.2) is 0 Å². The van der Waals surface area contributed by atoms with E-state index in [9.17, 15) is 0 Å². The zero-order chi connectivity index (χ0) is 18.5. The molecular weight excluding hydrogens is 330 g/mol. The molecule has 2 heterocycles. The number of nitrogens with zero attached hydrogens (tertiary/aromatic N) is 1. The molecule has 1 atom stereocenters. The van der Waals surface area contributed by atoms with Crippen molar-refractivity contribution in [3.05, 3.63) is 77.5 Å². The lowest BCUT2D eigenvalue weighted by Crippen LogP contribution is -2.32. The molecule has 4 rings (SSSR count). The summed E-state index contributed by atoms with van der Waals surface area (Å²) in [5.74, 6) is 0. The van der Waals surface area contributed by atoms with E-state index in [2.05, 4.69) is 59.0 Å². The Morgan fingerprint density at radius 1 is 1.07 bits per heavy atom. The predicted octanol–water partition coefficient (Wildman–Crippen LogP) is 5.20. The highest BCUT2D eigenvalue weighted by Crippen LogP contribution is 2.25. The topological polar surface area (TPSA) is 51.6 Å². The van der Waals surface area contributed by atoms with Gasteiger partial charge in [-0.3, -0.25) is 0 Å². The highest BCUT2D eigenvalue weighted by atomic mass is 14.9. The maximum absolute atomic E-state index is 9.12.